The van der Waals surface area contributed by atoms with Gasteiger partial charge in [-0.05, 0) is 32.6 Å². The summed E-state index contributed by atoms with van der Waals surface area (Å²) in [6.45, 7) is 4.04. The first-order valence-corrected chi connectivity index (χ1v) is 9.47. The summed E-state index contributed by atoms with van der Waals surface area (Å²) >= 11 is 0. The Balaban J connectivity index is 1.48. The predicted octanol–water partition coefficient (Wildman–Crippen LogP) is 2.66. The molecule has 0 spiro atoms. The van der Waals surface area contributed by atoms with Crippen molar-refractivity contribution in [1.82, 2.24) is 20.0 Å². The zero-order valence-corrected chi connectivity index (χ0v) is 15.7. The number of hydrogen-bond donors (Lipinski definition) is 2. The Bertz CT molecular complexity index is 587. The molecule has 1 saturated carbocycles. The fourth-order valence-corrected chi connectivity index (χ4v) is 4.21. The topological polar surface area (TPSA) is 71.4 Å². The summed E-state index contributed by atoms with van der Waals surface area (Å²) in [6.07, 6.45) is 8.87. The molecule has 0 unspecified atom stereocenters. The minimum absolute atomic E-state index is 0.175. The monoisotopic (exact) mass is 349 g/mol. The van der Waals surface area contributed by atoms with Crippen LogP contribution >= 0.6 is 0 Å². The van der Waals surface area contributed by atoms with E-state index in [4.69, 9.17) is 4.74 Å². The highest BCUT2D eigenvalue weighted by atomic mass is 16.5. The minimum Gasteiger partial charge on any atom is -0.480 e. The molecular formula is C18H31N5O2. The summed E-state index contributed by atoms with van der Waals surface area (Å²) in [7, 11) is 3.39. The summed E-state index contributed by atoms with van der Waals surface area (Å²) in [5.41, 5.74) is 1.39. The van der Waals surface area contributed by atoms with E-state index in [2.05, 4.69) is 20.6 Å². The second-order valence-corrected chi connectivity index (χ2v) is 7.29. The molecule has 1 aromatic heterocycles. The first kappa shape index (κ1) is 18.0. The van der Waals surface area contributed by atoms with Crippen LogP contribution in [0.15, 0.2) is 0 Å². The summed E-state index contributed by atoms with van der Waals surface area (Å²) in [4.78, 5) is 15.0. The molecule has 2 aliphatic rings. The van der Waals surface area contributed by atoms with Gasteiger partial charge in [0.25, 0.3) is 0 Å². The zero-order valence-electron chi connectivity index (χ0n) is 15.7. The van der Waals surface area contributed by atoms with Gasteiger partial charge in [0.2, 0.25) is 5.88 Å². The second-order valence-electron chi connectivity index (χ2n) is 7.29. The molecule has 1 aliphatic heterocycles. The number of urea groups is 1. The molecule has 1 saturated heterocycles. The lowest BCUT2D eigenvalue weighted by atomic mass is 9.92. The van der Waals surface area contributed by atoms with Crippen LogP contribution in [0.2, 0.25) is 0 Å². The van der Waals surface area contributed by atoms with E-state index in [1.165, 1.54) is 32.1 Å². The Morgan fingerprint density at radius 1 is 1.16 bits per heavy atom. The zero-order chi connectivity index (χ0) is 17.8. The fourth-order valence-electron chi connectivity index (χ4n) is 4.21. The first-order valence-electron chi connectivity index (χ1n) is 9.47. The SMILES string of the molecule is COc1c(NC(=O)NC2CCN(C3CCCCC3)CC2)c(C)nn1C. The molecule has 2 amide bonds. The van der Waals surface area contributed by atoms with Crippen LogP contribution in [-0.2, 0) is 7.05 Å². The average molecular weight is 349 g/mol. The number of carbonyl (C=O) groups is 1. The first-order chi connectivity index (χ1) is 12.1. The number of amides is 2. The van der Waals surface area contributed by atoms with Crippen molar-refractivity contribution in [1.29, 1.82) is 0 Å². The maximum Gasteiger partial charge on any atom is 0.319 e. The second kappa shape index (κ2) is 8.08. The van der Waals surface area contributed by atoms with E-state index < -0.39 is 0 Å². The summed E-state index contributed by atoms with van der Waals surface area (Å²) in [5, 5.41) is 10.3. The Kier molecular flexibility index (Phi) is 5.83. The number of piperidine rings is 1. The third-order valence-electron chi connectivity index (χ3n) is 5.56. The molecule has 0 aromatic carbocycles. The number of aryl methyl sites for hydroxylation is 2. The van der Waals surface area contributed by atoms with Gasteiger partial charge in [0.05, 0.1) is 12.8 Å². The quantitative estimate of drug-likeness (QED) is 0.877. The number of likely N-dealkylation sites (tertiary alicyclic amines) is 1. The predicted molar refractivity (Wildman–Crippen MR) is 98.1 cm³/mol. The summed E-state index contributed by atoms with van der Waals surface area (Å²) < 4.78 is 6.95. The highest BCUT2D eigenvalue weighted by molar-refractivity contribution is 5.91. The van der Waals surface area contributed by atoms with Crippen LogP contribution in [0, 0.1) is 6.92 Å². The Hall–Kier alpha value is -1.76. The lowest BCUT2D eigenvalue weighted by Crippen LogP contribution is -2.49. The van der Waals surface area contributed by atoms with Gasteiger partial charge in [0, 0.05) is 32.2 Å². The van der Waals surface area contributed by atoms with Crippen LogP contribution in [-0.4, -0.2) is 53.0 Å². The van der Waals surface area contributed by atoms with Gasteiger partial charge in [-0.3, -0.25) is 0 Å². The summed E-state index contributed by atoms with van der Waals surface area (Å²) in [5.74, 6) is 0.569. The van der Waals surface area contributed by atoms with Gasteiger partial charge in [-0.1, -0.05) is 19.3 Å². The number of hydrogen-bond acceptors (Lipinski definition) is 4. The van der Waals surface area contributed by atoms with Crippen LogP contribution in [0.3, 0.4) is 0 Å². The van der Waals surface area contributed by atoms with Gasteiger partial charge < -0.3 is 20.3 Å². The van der Waals surface area contributed by atoms with E-state index >= 15 is 0 Å². The van der Waals surface area contributed by atoms with Gasteiger partial charge in [0.15, 0.2) is 0 Å². The lowest BCUT2D eigenvalue weighted by molar-refractivity contribution is 0.117. The van der Waals surface area contributed by atoms with Crippen molar-refractivity contribution in [2.45, 2.75) is 64.0 Å². The third-order valence-corrected chi connectivity index (χ3v) is 5.56. The summed E-state index contributed by atoms with van der Waals surface area (Å²) in [6, 6.07) is 0.833. The Morgan fingerprint density at radius 3 is 2.48 bits per heavy atom. The third kappa shape index (κ3) is 4.26. The normalized spacial score (nSPS) is 20.4. The van der Waals surface area contributed by atoms with Crippen LogP contribution < -0.4 is 15.4 Å². The number of nitrogens with one attached hydrogen (secondary N) is 2. The molecule has 2 heterocycles. The highest BCUT2D eigenvalue weighted by Crippen LogP contribution is 2.27. The van der Waals surface area contributed by atoms with Gasteiger partial charge in [-0.2, -0.15) is 5.10 Å². The number of anilines is 1. The van der Waals surface area contributed by atoms with E-state index in [0.717, 1.165) is 37.7 Å². The van der Waals surface area contributed by atoms with Crippen LogP contribution in [0.25, 0.3) is 0 Å². The van der Waals surface area contributed by atoms with E-state index in [-0.39, 0.29) is 12.1 Å². The van der Waals surface area contributed by atoms with Crippen molar-refractivity contribution < 1.29 is 9.53 Å². The largest absolute Gasteiger partial charge is 0.480 e. The van der Waals surface area contributed by atoms with Crippen molar-refractivity contribution in [3.05, 3.63) is 5.69 Å². The highest BCUT2D eigenvalue weighted by Gasteiger charge is 2.27. The maximum atomic E-state index is 12.4. The van der Waals surface area contributed by atoms with Crippen LogP contribution in [0.1, 0.15) is 50.6 Å². The molecule has 1 aromatic rings. The van der Waals surface area contributed by atoms with E-state index in [0.29, 0.717) is 11.6 Å². The number of carbonyl (C=O) groups excluding carboxylic acids is 1. The van der Waals surface area contributed by atoms with Crippen molar-refractivity contribution in [2.75, 3.05) is 25.5 Å². The average Bonchev–Trinajstić information content (AvgIpc) is 2.89. The smallest absolute Gasteiger partial charge is 0.319 e. The minimum atomic E-state index is -0.175. The molecule has 2 N–H and O–H groups in total. The molecule has 25 heavy (non-hydrogen) atoms. The van der Waals surface area contributed by atoms with Crippen molar-refractivity contribution >= 4 is 11.7 Å². The standard InChI is InChI=1S/C18H31N5O2/c1-13-16(17(25-3)22(2)21-13)20-18(24)19-14-9-11-23(12-10-14)15-7-5-4-6-8-15/h14-15H,4-12H2,1-3H3,(H2,19,20,24). The molecule has 140 valence electrons. The fraction of sp³-hybridized carbons (Fsp3) is 0.778. The Morgan fingerprint density at radius 2 is 1.84 bits per heavy atom. The molecule has 0 atom stereocenters. The number of aromatic nitrogens is 2. The van der Waals surface area contributed by atoms with Gasteiger partial charge in [-0.25, -0.2) is 9.48 Å². The molecule has 2 fully saturated rings. The lowest BCUT2D eigenvalue weighted by Gasteiger charge is -2.39. The van der Waals surface area contributed by atoms with Crippen LogP contribution in [0.4, 0.5) is 10.5 Å². The van der Waals surface area contributed by atoms with Crippen LogP contribution in [0.5, 0.6) is 5.88 Å². The number of methoxy groups -OCH3 is 1. The molecule has 3 rings (SSSR count). The van der Waals surface area contributed by atoms with Gasteiger partial charge >= 0.3 is 6.03 Å². The van der Waals surface area contributed by atoms with E-state index in [1.807, 2.05) is 6.92 Å². The molecule has 7 heteroatoms. The molecular weight excluding hydrogens is 318 g/mol. The number of ether oxygens (including phenoxy) is 1. The van der Waals surface area contributed by atoms with Crippen molar-refractivity contribution in [3.8, 4) is 5.88 Å². The number of nitrogens with zero attached hydrogens (tertiary/aromatic N) is 3. The van der Waals surface area contributed by atoms with E-state index in [9.17, 15) is 4.79 Å². The Labute approximate surface area is 150 Å². The van der Waals surface area contributed by atoms with E-state index in [1.54, 1.807) is 18.8 Å². The molecule has 7 nitrogen and oxygen atoms in total. The van der Waals surface area contributed by atoms with Crippen molar-refractivity contribution in [3.63, 3.8) is 0 Å². The molecule has 0 bridgehead atoms. The molecule has 1 aliphatic carbocycles. The molecule has 0 radical (unpaired) electrons. The maximum absolute atomic E-state index is 12.4. The van der Waals surface area contributed by atoms with Gasteiger partial charge in [0.1, 0.15) is 5.69 Å². The van der Waals surface area contributed by atoms with Gasteiger partial charge in [-0.15, -0.1) is 0 Å². The number of rotatable bonds is 4. The van der Waals surface area contributed by atoms with Crippen molar-refractivity contribution in [2.24, 2.45) is 7.05 Å².